The average molecular weight is 252 g/mol. The number of hydrogen-bond donors (Lipinski definition) is 2. The number of aliphatic hydroxyl groups is 1. The van der Waals surface area contributed by atoms with Gasteiger partial charge in [-0.15, -0.1) is 0 Å². The predicted octanol–water partition coefficient (Wildman–Crippen LogP) is 0.487. The maximum Gasteiger partial charge on any atom is 0.269 e. The summed E-state index contributed by atoms with van der Waals surface area (Å²) >= 11 is 0. The van der Waals surface area contributed by atoms with Gasteiger partial charge in [0.15, 0.2) is 0 Å². The number of nitrogens with zero attached hydrogens (tertiary/aromatic N) is 1. The molecule has 0 amide bonds. The zero-order chi connectivity index (χ0) is 13.0. The Balaban J connectivity index is 1.78. The molecule has 1 aromatic rings. The molecule has 2 rings (SSSR count). The van der Waals surface area contributed by atoms with Crippen molar-refractivity contribution >= 4 is 5.69 Å². The Bertz CT molecular complexity index is 407. The molecule has 18 heavy (non-hydrogen) atoms. The monoisotopic (exact) mass is 252 g/mol. The van der Waals surface area contributed by atoms with E-state index in [-0.39, 0.29) is 11.7 Å². The van der Waals surface area contributed by atoms with E-state index in [0.717, 1.165) is 12.0 Å². The lowest BCUT2D eigenvalue weighted by molar-refractivity contribution is -0.384. The summed E-state index contributed by atoms with van der Waals surface area (Å²) in [6, 6.07) is 6.50. The molecule has 6 nitrogen and oxygen atoms in total. The lowest BCUT2D eigenvalue weighted by Crippen LogP contribution is -2.39. The summed E-state index contributed by atoms with van der Waals surface area (Å²) in [5, 5.41) is 23.2. The maximum atomic E-state index is 10.5. The van der Waals surface area contributed by atoms with E-state index in [1.165, 1.54) is 12.1 Å². The summed E-state index contributed by atoms with van der Waals surface area (Å²) in [6.45, 7) is 1.62. The quantitative estimate of drug-likeness (QED) is 0.588. The molecule has 0 aliphatic carbocycles. The van der Waals surface area contributed by atoms with E-state index in [1.807, 2.05) is 0 Å². The van der Waals surface area contributed by atoms with Crippen LogP contribution in [-0.2, 0) is 11.2 Å². The fraction of sp³-hybridized carbons (Fsp3) is 0.500. The van der Waals surface area contributed by atoms with Gasteiger partial charge in [0.1, 0.15) is 0 Å². The van der Waals surface area contributed by atoms with Crippen molar-refractivity contribution in [2.24, 2.45) is 0 Å². The Hall–Kier alpha value is -1.50. The van der Waals surface area contributed by atoms with Crippen LogP contribution in [0.5, 0.6) is 0 Å². The largest absolute Gasteiger partial charge is 0.389 e. The van der Waals surface area contributed by atoms with Crippen LogP contribution in [0, 0.1) is 10.1 Å². The van der Waals surface area contributed by atoms with Crippen LogP contribution < -0.4 is 5.32 Å². The topological polar surface area (TPSA) is 84.6 Å². The summed E-state index contributed by atoms with van der Waals surface area (Å²) in [7, 11) is 0. The van der Waals surface area contributed by atoms with Crippen LogP contribution in [0.2, 0.25) is 0 Å². The summed E-state index contributed by atoms with van der Waals surface area (Å²) in [6.07, 6.45) is 0.322. The lowest BCUT2D eigenvalue weighted by Gasteiger charge is -2.14. The minimum Gasteiger partial charge on any atom is -0.389 e. The van der Waals surface area contributed by atoms with Crippen molar-refractivity contribution in [3.05, 3.63) is 39.9 Å². The average Bonchev–Trinajstić information content (AvgIpc) is 2.76. The van der Waals surface area contributed by atoms with Crippen LogP contribution in [0.25, 0.3) is 0 Å². The zero-order valence-electron chi connectivity index (χ0n) is 9.91. The van der Waals surface area contributed by atoms with E-state index in [1.54, 1.807) is 12.1 Å². The highest BCUT2D eigenvalue weighted by Crippen LogP contribution is 2.12. The van der Waals surface area contributed by atoms with Gasteiger partial charge in [0.25, 0.3) is 5.69 Å². The number of benzene rings is 1. The molecule has 98 valence electrons. The second-order valence-electron chi connectivity index (χ2n) is 4.34. The van der Waals surface area contributed by atoms with Crippen molar-refractivity contribution in [3.8, 4) is 0 Å². The van der Waals surface area contributed by atoms with E-state index in [2.05, 4.69) is 5.32 Å². The van der Waals surface area contributed by atoms with Crippen molar-refractivity contribution in [1.29, 1.82) is 0 Å². The molecular formula is C12H16N2O4. The second-order valence-corrected chi connectivity index (χ2v) is 4.34. The molecule has 2 atom stereocenters. The zero-order valence-corrected chi connectivity index (χ0v) is 9.91. The molecule has 0 saturated carbocycles. The molecule has 2 N–H and O–H groups in total. The first-order chi connectivity index (χ1) is 8.66. The minimum atomic E-state index is -0.443. The van der Waals surface area contributed by atoms with E-state index in [0.29, 0.717) is 19.8 Å². The number of nitro benzene ring substituents is 1. The van der Waals surface area contributed by atoms with Crippen molar-refractivity contribution in [1.82, 2.24) is 5.32 Å². The third kappa shape index (κ3) is 3.25. The summed E-state index contributed by atoms with van der Waals surface area (Å²) in [5.41, 5.74) is 1.13. The maximum absolute atomic E-state index is 10.5. The summed E-state index contributed by atoms with van der Waals surface area (Å²) in [5.74, 6) is 0. The van der Waals surface area contributed by atoms with Crippen molar-refractivity contribution < 1.29 is 14.8 Å². The molecule has 0 bridgehead atoms. The molecular weight excluding hydrogens is 236 g/mol. The first-order valence-corrected chi connectivity index (χ1v) is 5.89. The first kappa shape index (κ1) is 12.9. The molecule has 6 heteroatoms. The van der Waals surface area contributed by atoms with Crippen molar-refractivity contribution in [2.45, 2.75) is 18.6 Å². The first-order valence-electron chi connectivity index (χ1n) is 5.89. The van der Waals surface area contributed by atoms with Gasteiger partial charge in [0.2, 0.25) is 0 Å². The number of aliphatic hydroxyl groups excluding tert-OH is 1. The highest BCUT2D eigenvalue weighted by Gasteiger charge is 2.24. The summed E-state index contributed by atoms with van der Waals surface area (Å²) in [4.78, 5) is 10.1. The van der Waals surface area contributed by atoms with Gasteiger partial charge < -0.3 is 15.2 Å². The highest BCUT2D eigenvalue weighted by atomic mass is 16.6. The van der Waals surface area contributed by atoms with Gasteiger partial charge in [-0.2, -0.15) is 0 Å². The van der Waals surface area contributed by atoms with E-state index >= 15 is 0 Å². The number of rotatable bonds is 5. The van der Waals surface area contributed by atoms with Crippen LogP contribution in [-0.4, -0.2) is 41.9 Å². The molecule has 0 aromatic heterocycles. The molecule has 1 aromatic carbocycles. The van der Waals surface area contributed by atoms with E-state index in [4.69, 9.17) is 4.74 Å². The number of ether oxygens (including phenoxy) is 1. The molecule has 0 spiro atoms. The molecule has 1 aliphatic rings. The van der Waals surface area contributed by atoms with Crippen LogP contribution in [0.4, 0.5) is 5.69 Å². The number of non-ortho nitro benzene ring substituents is 1. The van der Waals surface area contributed by atoms with Gasteiger partial charge in [-0.05, 0) is 18.5 Å². The fourth-order valence-corrected chi connectivity index (χ4v) is 1.92. The van der Waals surface area contributed by atoms with Gasteiger partial charge in [-0.1, -0.05) is 12.1 Å². The third-order valence-corrected chi connectivity index (χ3v) is 3.02. The molecule has 1 heterocycles. The molecule has 0 radical (unpaired) electrons. The minimum absolute atomic E-state index is 0.0111. The molecule has 2 unspecified atom stereocenters. The van der Waals surface area contributed by atoms with Gasteiger partial charge in [-0.25, -0.2) is 0 Å². The SMILES string of the molecule is O=[N+]([O-])c1ccc(CCNC2COCC2O)cc1. The second kappa shape index (κ2) is 5.90. The predicted molar refractivity (Wildman–Crippen MR) is 65.4 cm³/mol. The van der Waals surface area contributed by atoms with Crippen LogP contribution in [0.15, 0.2) is 24.3 Å². The Morgan fingerprint density at radius 2 is 2.11 bits per heavy atom. The number of nitro groups is 1. The Morgan fingerprint density at radius 3 is 2.67 bits per heavy atom. The van der Waals surface area contributed by atoms with Crippen LogP contribution in [0.1, 0.15) is 5.56 Å². The van der Waals surface area contributed by atoms with Crippen molar-refractivity contribution in [2.75, 3.05) is 19.8 Å². The van der Waals surface area contributed by atoms with E-state index < -0.39 is 11.0 Å². The summed E-state index contributed by atoms with van der Waals surface area (Å²) < 4.78 is 5.13. The normalized spacial score (nSPS) is 23.2. The van der Waals surface area contributed by atoms with Gasteiger partial charge in [0, 0.05) is 12.1 Å². The lowest BCUT2D eigenvalue weighted by atomic mass is 10.1. The highest BCUT2D eigenvalue weighted by molar-refractivity contribution is 5.32. The van der Waals surface area contributed by atoms with Gasteiger partial charge in [-0.3, -0.25) is 10.1 Å². The number of hydrogen-bond acceptors (Lipinski definition) is 5. The fourth-order valence-electron chi connectivity index (χ4n) is 1.92. The molecule has 1 fully saturated rings. The van der Waals surface area contributed by atoms with E-state index in [9.17, 15) is 15.2 Å². The van der Waals surface area contributed by atoms with Crippen LogP contribution >= 0.6 is 0 Å². The van der Waals surface area contributed by atoms with Crippen molar-refractivity contribution in [3.63, 3.8) is 0 Å². The van der Waals surface area contributed by atoms with Gasteiger partial charge >= 0.3 is 0 Å². The smallest absolute Gasteiger partial charge is 0.269 e. The standard InChI is InChI=1S/C12H16N2O4/c15-12-8-18-7-11(12)13-6-5-9-1-3-10(4-2-9)14(16)17/h1-4,11-13,15H,5-8H2. The Kier molecular flexibility index (Phi) is 4.24. The third-order valence-electron chi connectivity index (χ3n) is 3.02. The molecule has 1 saturated heterocycles. The Labute approximate surface area is 105 Å². The Morgan fingerprint density at radius 1 is 1.39 bits per heavy atom. The van der Waals surface area contributed by atoms with Gasteiger partial charge in [0.05, 0.1) is 30.3 Å². The number of nitrogens with one attached hydrogen (secondary N) is 1. The van der Waals surface area contributed by atoms with Crippen LogP contribution in [0.3, 0.4) is 0 Å². The molecule has 1 aliphatic heterocycles.